The van der Waals surface area contributed by atoms with Crippen LogP contribution >= 0.6 is 10.9 Å². The summed E-state index contributed by atoms with van der Waals surface area (Å²) in [6, 6.07) is 0. The van der Waals surface area contributed by atoms with Gasteiger partial charge in [0.25, 0.3) is 0 Å². The minimum absolute atomic E-state index is 0.111. The van der Waals surface area contributed by atoms with Crippen molar-refractivity contribution in [3.63, 3.8) is 0 Å². The Morgan fingerprint density at radius 3 is 2.44 bits per heavy atom. The van der Waals surface area contributed by atoms with Gasteiger partial charge in [0.1, 0.15) is 0 Å². The molecule has 0 aliphatic carbocycles. The first kappa shape index (κ1) is 6.65. The van der Waals surface area contributed by atoms with Gasteiger partial charge in [0.15, 0.2) is 0 Å². The van der Waals surface area contributed by atoms with E-state index in [9.17, 15) is 0 Å². The van der Waals surface area contributed by atoms with Crippen molar-refractivity contribution in [3.05, 3.63) is 34.5 Å². The Bertz CT molecular complexity index is 158. The summed E-state index contributed by atoms with van der Waals surface area (Å²) in [7, 11) is -0.312. The number of rotatable bonds is 2. The highest BCUT2D eigenvalue weighted by Gasteiger charge is 2.00. The normalized spacial score (nSPS) is 19.0. The van der Waals surface area contributed by atoms with E-state index in [1.807, 2.05) is 12.2 Å². The third-order valence-electron chi connectivity index (χ3n) is 1.15. The first-order valence-electron chi connectivity index (χ1n) is 2.76. The van der Waals surface area contributed by atoms with Crippen molar-refractivity contribution >= 4 is 10.9 Å². The fourth-order valence-corrected chi connectivity index (χ4v) is 1.88. The van der Waals surface area contributed by atoms with E-state index in [2.05, 4.69) is 17.4 Å². The smallest absolute Gasteiger partial charge is 0.0723 e. The molecule has 1 rings (SSSR count). The molecule has 0 amide bonds. The molecule has 1 heterocycles. The summed E-state index contributed by atoms with van der Waals surface area (Å²) in [5, 5.41) is 12.8. The Balaban J connectivity index is 2.53. The number of thiol groups is 1. The van der Waals surface area contributed by atoms with Crippen LogP contribution in [-0.2, 0) is 0 Å². The second-order valence-corrected chi connectivity index (χ2v) is 3.86. The topological polar surface area (TPSA) is 20.2 Å². The zero-order chi connectivity index (χ0) is 6.69. The van der Waals surface area contributed by atoms with Gasteiger partial charge < -0.3 is 5.11 Å². The predicted octanol–water partition coefficient (Wildman–Crippen LogP) is 1.53. The van der Waals surface area contributed by atoms with Gasteiger partial charge in [-0.1, -0.05) is 18.7 Å². The highest BCUT2D eigenvalue weighted by Crippen LogP contribution is 2.39. The van der Waals surface area contributed by atoms with Crippen molar-refractivity contribution in [1.82, 2.24) is 0 Å². The van der Waals surface area contributed by atoms with Crippen LogP contribution in [0.2, 0.25) is 0 Å². The van der Waals surface area contributed by atoms with Crippen molar-refractivity contribution in [2.24, 2.45) is 0 Å². The number of aliphatic hydroxyl groups is 1. The fraction of sp³-hybridized carbons (Fsp3) is 0.143. The molecule has 1 aliphatic heterocycles. The lowest BCUT2D eigenvalue weighted by atomic mass is 10.6. The van der Waals surface area contributed by atoms with E-state index in [4.69, 9.17) is 5.11 Å². The monoisotopic (exact) mass is 142 g/mol. The Kier molecular flexibility index (Phi) is 2.14. The van der Waals surface area contributed by atoms with E-state index in [0.717, 1.165) is 4.91 Å². The van der Waals surface area contributed by atoms with Crippen LogP contribution in [0.3, 0.4) is 0 Å². The quantitative estimate of drug-likeness (QED) is 0.560. The lowest BCUT2D eigenvalue weighted by Gasteiger charge is -2.09. The Labute approximate surface area is 57.7 Å². The summed E-state index contributed by atoms with van der Waals surface area (Å²) in [5.41, 5.74) is 0. The van der Waals surface area contributed by atoms with E-state index in [1.54, 1.807) is 0 Å². The number of hydrogen-bond acceptors (Lipinski definition) is 1. The summed E-state index contributed by atoms with van der Waals surface area (Å²) in [6.45, 7) is 3.84. The van der Waals surface area contributed by atoms with Gasteiger partial charge in [0.05, 0.1) is 6.61 Å². The molecule has 0 saturated carbocycles. The van der Waals surface area contributed by atoms with Crippen molar-refractivity contribution in [2.45, 2.75) is 0 Å². The highest BCUT2D eigenvalue weighted by atomic mass is 32.2. The van der Waals surface area contributed by atoms with Crippen molar-refractivity contribution in [2.75, 3.05) is 6.61 Å². The van der Waals surface area contributed by atoms with Gasteiger partial charge in [-0.15, -0.1) is 0 Å². The predicted molar refractivity (Wildman–Crippen MR) is 43.5 cm³/mol. The standard InChI is InChI=1S/C7H10OS/c1-7(6-8)9-4-2-3-5-9/h2-5,8-9H,1,6H2. The summed E-state index contributed by atoms with van der Waals surface area (Å²) in [5.74, 6) is 0. The molecule has 0 atom stereocenters. The number of hydrogen-bond donors (Lipinski definition) is 2. The summed E-state index contributed by atoms with van der Waals surface area (Å²) < 4.78 is 0. The fourth-order valence-electron chi connectivity index (χ4n) is 0.627. The molecule has 0 aromatic heterocycles. The van der Waals surface area contributed by atoms with Crippen LogP contribution in [-0.4, -0.2) is 11.7 Å². The van der Waals surface area contributed by atoms with Crippen LogP contribution in [0.5, 0.6) is 0 Å². The average molecular weight is 142 g/mol. The molecule has 0 fully saturated rings. The van der Waals surface area contributed by atoms with Gasteiger partial charge in [-0.05, 0) is 15.7 Å². The van der Waals surface area contributed by atoms with Crippen LogP contribution in [0.15, 0.2) is 34.5 Å². The Morgan fingerprint density at radius 1 is 1.44 bits per heavy atom. The maximum Gasteiger partial charge on any atom is 0.0723 e. The van der Waals surface area contributed by atoms with Crippen molar-refractivity contribution in [1.29, 1.82) is 0 Å². The molecule has 1 N–H and O–H groups in total. The van der Waals surface area contributed by atoms with Crippen LogP contribution in [0.1, 0.15) is 0 Å². The third-order valence-corrected chi connectivity index (χ3v) is 3.01. The van der Waals surface area contributed by atoms with Crippen LogP contribution < -0.4 is 0 Å². The van der Waals surface area contributed by atoms with Gasteiger partial charge in [0.2, 0.25) is 0 Å². The molecular weight excluding hydrogens is 132 g/mol. The third kappa shape index (κ3) is 1.47. The first-order chi connectivity index (χ1) is 4.34. The molecule has 0 spiro atoms. The second-order valence-electron chi connectivity index (χ2n) is 1.81. The molecule has 0 saturated heterocycles. The van der Waals surface area contributed by atoms with E-state index >= 15 is 0 Å². The lowest BCUT2D eigenvalue weighted by molar-refractivity contribution is 0.340. The molecular formula is C7H10OS. The molecule has 0 unspecified atom stereocenters. The van der Waals surface area contributed by atoms with E-state index in [0.29, 0.717) is 0 Å². The van der Waals surface area contributed by atoms with Crippen molar-refractivity contribution in [3.8, 4) is 0 Å². The minimum atomic E-state index is -0.312. The van der Waals surface area contributed by atoms with Crippen LogP contribution in [0.25, 0.3) is 0 Å². The van der Waals surface area contributed by atoms with Crippen molar-refractivity contribution < 1.29 is 5.11 Å². The maximum atomic E-state index is 8.64. The summed E-state index contributed by atoms with van der Waals surface area (Å²) in [4.78, 5) is 0.926. The van der Waals surface area contributed by atoms with Crippen LogP contribution in [0.4, 0.5) is 0 Å². The molecule has 50 valence electrons. The molecule has 0 aromatic carbocycles. The Morgan fingerprint density at radius 2 is 2.00 bits per heavy atom. The van der Waals surface area contributed by atoms with Gasteiger partial charge >= 0.3 is 0 Å². The van der Waals surface area contributed by atoms with E-state index in [-0.39, 0.29) is 17.5 Å². The highest BCUT2D eigenvalue weighted by molar-refractivity contribution is 8.25. The lowest BCUT2D eigenvalue weighted by Crippen LogP contribution is -1.83. The Hall–Kier alpha value is -0.470. The SMILES string of the molecule is C=C(CO)[SH]1C=CC=C1. The van der Waals surface area contributed by atoms with Gasteiger partial charge in [-0.25, -0.2) is 0 Å². The summed E-state index contributed by atoms with van der Waals surface area (Å²) >= 11 is 0. The van der Waals surface area contributed by atoms with Gasteiger partial charge in [-0.3, -0.25) is 0 Å². The molecule has 1 aliphatic rings. The number of aliphatic hydroxyl groups excluding tert-OH is 1. The molecule has 1 nitrogen and oxygen atoms in total. The maximum absolute atomic E-state index is 8.64. The van der Waals surface area contributed by atoms with Crippen LogP contribution in [0, 0.1) is 0 Å². The average Bonchev–Trinajstić information content (AvgIpc) is 2.37. The molecule has 9 heavy (non-hydrogen) atoms. The minimum Gasteiger partial charge on any atom is -0.391 e. The number of allylic oxidation sites excluding steroid dienone is 2. The molecule has 0 bridgehead atoms. The van der Waals surface area contributed by atoms with E-state index < -0.39 is 0 Å². The van der Waals surface area contributed by atoms with Gasteiger partial charge in [-0.2, -0.15) is 10.9 Å². The molecule has 2 heteroatoms. The molecule has 0 radical (unpaired) electrons. The zero-order valence-corrected chi connectivity index (χ0v) is 6.01. The summed E-state index contributed by atoms with van der Waals surface area (Å²) in [6.07, 6.45) is 3.99. The molecule has 0 aromatic rings. The largest absolute Gasteiger partial charge is 0.391 e. The first-order valence-corrected chi connectivity index (χ1v) is 4.24. The van der Waals surface area contributed by atoms with E-state index in [1.165, 1.54) is 0 Å². The second kappa shape index (κ2) is 2.90. The zero-order valence-electron chi connectivity index (χ0n) is 5.12. The van der Waals surface area contributed by atoms with Gasteiger partial charge in [0, 0.05) is 0 Å².